The Bertz CT molecular complexity index is 396. The summed E-state index contributed by atoms with van der Waals surface area (Å²) in [5, 5.41) is -0.681. The van der Waals surface area contributed by atoms with E-state index in [1.165, 1.54) is 0 Å². The van der Waals surface area contributed by atoms with Gasteiger partial charge in [-0.1, -0.05) is 0 Å². The van der Waals surface area contributed by atoms with Gasteiger partial charge < -0.3 is 10.5 Å². The summed E-state index contributed by atoms with van der Waals surface area (Å²) in [6.07, 6.45) is 1.40. The van der Waals surface area contributed by atoms with Crippen LogP contribution in [-0.2, 0) is 19.4 Å². The molecule has 1 saturated carbocycles. The van der Waals surface area contributed by atoms with Crippen LogP contribution in [0.1, 0.15) is 27.2 Å². The van der Waals surface area contributed by atoms with Gasteiger partial charge in [-0.25, -0.2) is 8.42 Å². The maximum atomic E-state index is 11.9. The molecule has 0 amide bonds. The summed E-state index contributed by atoms with van der Waals surface area (Å²) < 4.78 is 27.9. The predicted octanol–water partition coefficient (Wildman–Crippen LogP) is 0.0901. The predicted molar refractivity (Wildman–Crippen MR) is 60.6 cm³/mol. The van der Waals surface area contributed by atoms with Crippen molar-refractivity contribution in [1.82, 2.24) is 0 Å². The average Bonchev–Trinajstić information content (AvgIpc) is 2.74. The third-order valence-electron chi connectivity index (χ3n) is 2.69. The second kappa shape index (κ2) is 3.70. The van der Waals surface area contributed by atoms with Crippen molar-refractivity contribution in [3.8, 4) is 0 Å². The van der Waals surface area contributed by atoms with Gasteiger partial charge in [-0.05, 0) is 27.2 Å². The Morgan fingerprint density at radius 1 is 1.50 bits per heavy atom. The highest BCUT2D eigenvalue weighted by Gasteiger charge is 2.65. The van der Waals surface area contributed by atoms with Crippen molar-refractivity contribution in [2.45, 2.75) is 38.0 Å². The van der Waals surface area contributed by atoms with Gasteiger partial charge in [0, 0.05) is 12.8 Å². The Balaban J connectivity index is 2.84. The van der Waals surface area contributed by atoms with E-state index in [1.54, 1.807) is 20.8 Å². The van der Waals surface area contributed by atoms with Crippen LogP contribution >= 0.6 is 0 Å². The molecule has 94 valence electrons. The van der Waals surface area contributed by atoms with Gasteiger partial charge in [-0.3, -0.25) is 4.79 Å². The highest BCUT2D eigenvalue weighted by Crippen LogP contribution is 2.51. The maximum Gasteiger partial charge on any atom is 0.315 e. The molecule has 6 heteroatoms. The van der Waals surface area contributed by atoms with E-state index in [4.69, 9.17) is 10.5 Å². The molecule has 5 nitrogen and oxygen atoms in total. The molecule has 0 aliphatic heterocycles. The van der Waals surface area contributed by atoms with Crippen molar-refractivity contribution in [2.75, 3.05) is 12.8 Å². The van der Waals surface area contributed by atoms with Gasteiger partial charge in [0.05, 0.1) is 10.7 Å². The minimum absolute atomic E-state index is 0.0135. The van der Waals surface area contributed by atoms with E-state index in [-0.39, 0.29) is 13.0 Å². The van der Waals surface area contributed by atoms with E-state index < -0.39 is 32.1 Å². The Morgan fingerprint density at radius 3 is 2.25 bits per heavy atom. The number of carbonyl (C=O) groups excluding carboxylic acids is 1. The van der Waals surface area contributed by atoms with Crippen LogP contribution in [0.3, 0.4) is 0 Å². The van der Waals surface area contributed by atoms with Crippen molar-refractivity contribution >= 4 is 15.8 Å². The Hall–Kier alpha value is -0.620. The fraction of sp³-hybridized carbons (Fsp3) is 0.900. The summed E-state index contributed by atoms with van der Waals surface area (Å²) >= 11 is 0. The summed E-state index contributed by atoms with van der Waals surface area (Å²) in [6, 6.07) is 0. The summed E-state index contributed by atoms with van der Waals surface area (Å²) in [5.41, 5.74) is 3.88. The van der Waals surface area contributed by atoms with E-state index in [0.29, 0.717) is 0 Å². The summed E-state index contributed by atoms with van der Waals surface area (Å²) in [7, 11) is -3.23. The lowest BCUT2D eigenvalue weighted by Gasteiger charge is -2.23. The van der Waals surface area contributed by atoms with Crippen molar-refractivity contribution in [2.24, 2.45) is 11.1 Å². The summed E-state index contributed by atoms with van der Waals surface area (Å²) in [5.74, 6) is -0.502. The molecule has 0 spiro atoms. The maximum absolute atomic E-state index is 11.9. The van der Waals surface area contributed by atoms with Crippen LogP contribution in [-0.4, -0.2) is 38.0 Å². The number of hydrogen-bond donors (Lipinski definition) is 1. The molecule has 1 fully saturated rings. The number of rotatable bonds is 3. The first kappa shape index (κ1) is 13.4. The number of sulfone groups is 1. The minimum Gasteiger partial charge on any atom is -0.459 e. The smallest absolute Gasteiger partial charge is 0.315 e. The molecule has 0 aromatic carbocycles. The van der Waals surface area contributed by atoms with Crippen molar-refractivity contribution in [3.05, 3.63) is 0 Å². The molecule has 1 rings (SSSR count). The molecular weight excluding hydrogens is 230 g/mol. The third-order valence-corrected chi connectivity index (χ3v) is 4.34. The van der Waals surface area contributed by atoms with E-state index >= 15 is 0 Å². The molecule has 2 N–H and O–H groups in total. The van der Waals surface area contributed by atoms with Crippen molar-refractivity contribution < 1.29 is 17.9 Å². The average molecular weight is 249 g/mol. The van der Waals surface area contributed by atoms with Crippen LogP contribution < -0.4 is 5.73 Å². The number of ether oxygens (including phenoxy) is 1. The monoisotopic (exact) mass is 249 g/mol. The third kappa shape index (κ3) is 2.55. The molecule has 2 atom stereocenters. The minimum atomic E-state index is -3.23. The molecule has 0 aromatic rings. The molecule has 0 heterocycles. The molecule has 16 heavy (non-hydrogen) atoms. The van der Waals surface area contributed by atoms with Crippen LogP contribution in [0.15, 0.2) is 0 Å². The van der Waals surface area contributed by atoms with E-state index in [9.17, 15) is 13.2 Å². The van der Waals surface area contributed by atoms with Crippen molar-refractivity contribution in [1.29, 1.82) is 0 Å². The van der Waals surface area contributed by atoms with Gasteiger partial charge in [0.15, 0.2) is 9.84 Å². The standard InChI is InChI=1S/C10H19NO4S/c1-9(2,3)15-8(12)10(6-11)5-7(10)16(4,13)14/h7H,5-6,11H2,1-4H3. The van der Waals surface area contributed by atoms with E-state index in [1.807, 2.05) is 0 Å². The fourth-order valence-corrected chi connectivity index (χ4v) is 3.34. The lowest BCUT2D eigenvalue weighted by Crippen LogP contribution is -2.37. The zero-order valence-electron chi connectivity index (χ0n) is 10.1. The molecule has 2 unspecified atom stereocenters. The van der Waals surface area contributed by atoms with Gasteiger partial charge in [-0.15, -0.1) is 0 Å². The largest absolute Gasteiger partial charge is 0.459 e. The topological polar surface area (TPSA) is 86.5 Å². The SMILES string of the molecule is CC(C)(C)OC(=O)C1(CN)CC1S(C)(=O)=O. The lowest BCUT2D eigenvalue weighted by molar-refractivity contribution is -0.161. The first-order valence-electron chi connectivity index (χ1n) is 5.15. The Labute approximate surface area is 96.3 Å². The van der Waals surface area contributed by atoms with Crippen LogP contribution in [0.5, 0.6) is 0 Å². The van der Waals surface area contributed by atoms with Crippen LogP contribution in [0, 0.1) is 5.41 Å². The molecular formula is C10H19NO4S. The van der Waals surface area contributed by atoms with Crippen LogP contribution in [0.25, 0.3) is 0 Å². The quantitative estimate of drug-likeness (QED) is 0.716. The molecule has 0 bridgehead atoms. The van der Waals surface area contributed by atoms with E-state index in [2.05, 4.69) is 0 Å². The number of carbonyl (C=O) groups is 1. The van der Waals surface area contributed by atoms with Crippen LogP contribution in [0.4, 0.5) is 0 Å². The first-order chi connectivity index (χ1) is 7.03. The summed E-state index contributed by atoms with van der Waals surface area (Å²) in [4.78, 5) is 11.9. The molecule has 1 aliphatic rings. The zero-order chi connectivity index (χ0) is 12.8. The zero-order valence-corrected chi connectivity index (χ0v) is 10.9. The Morgan fingerprint density at radius 2 is 2.00 bits per heavy atom. The highest BCUT2D eigenvalue weighted by atomic mass is 32.2. The van der Waals surface area contributed by atoms with Crippen molar-refractivity contribution in [3.63, 3.8) is 0 Å². The summed E-state index contributed by atoms with van der Waals surface area (Å²) in [6.45, 7) is 5.24. The molecule has 0 aromatic heterocycles. The second-order valence-electron chi connectivity index (χ2n) is 5.38. The second-order valence-corrected chi connectivity index (χ2v) is 7.61. The van der Waals surface area contributed by atoms with Gasteiger partial charge in [0.2, 0.25) is 0 Å². The highest BCUT2D eigenvalue weighted by molar-refractivity contribution is 7.91. The number of esters is 1. The van der Waals surface area contributed by atoms with Crippen LogP contribution in [0.2, 0.25) is 0 Å². The fourth-order valence-electron chi connectivity index (χ4n) is 1.73. The van der Waals surface area contributed by atoms with E-state index in [0.717, 1.165) is 6.26 Å². The number of hydrogen-bond acceptors (Lipinski definition) is 5. The molecule has 1 aliphatic carbocycles. The van der Waals surface area contributed by atoms with Gasteiger partial charge in [-0.2, -0.15) is 0 Å². The van der Waals surface area contributed by atoms with Gasteiger partial charge in [0.1, 0.15) is 5.60 Å². The van der Waals surface area contributed by atoms with Gasteiger partial charge >= 0.3 is 5.97 Å². The van der Waals surface area contributed by atoms with Gasteiger partial charge in [0.25, 0.3) is 0 Å². The lowest BCUT2D eigenvalue weighted by atomic mass is 10.1. The normalized spacial score (nSPS) is 29.9. The number of nitrogens with two attached hydrogens (primary N) is 1. The first-order valence-corrected chi connectivity index (χ1v) is 7.11. The molecule has 0 saturated heterocycles. The molecule has 0 radical (unpaired) electrons. The Kier molecular flexibility index (Phi) is 3.11.